The number of fused-ring (bicyclic) bond motifs is 3. The van der Waals surface area contributed by atoms with E-state index in [4.69, 9.17) is 22.8 Å². The van der Waals surface area contributed by atoms with Crippen LogP contribution < -0.4 is 0 Å². The van der Waals surface area contributed by atoms with E-state index in [0.29, 0.717) is 25.2 Å². The highest BCUT2D eigenvalue weighted by molar-refractivity contribution is 7.26. The van der Waals surface area contributed by atoms with Crippen LogP contribution in [0, 0.1) is 5.92 Å². The summed E-state index contributed by atoms with van der Waals surface area (Å²) in [5, 5.41) is 0. The zero-order chi connectivity index (χ0) is 12.2. The Morgan fingerprint density at radius 2 is 1.72 bits per heavy atom. The molecule has 0 N–H and O–H groups in total. The first kappa shape index (κ1) is 13.6. The van der Waals surface area contributed by atoms with Crippen LogP contribution in [0.2, 0.25) is 0 Å². The van der Waals surface area contributed by atoms with E-state index < -0.39 is 0 Å². The predicted molar refractivity (Wildman–Crippen MR) is 70.0 cm³/mol. The van der Waals surface area contributed by atoms with Gasteiger partial charge in [0.25, 0.3) is 0 Å². The van der Waals surface area contributed by atoms with Gasteiger partial charge in [-0.05, 0) is 12.8 Å². The third-order valence-corrected chi connectivity index (χ3v) is 5.13. The number of hydrogen-bond acceptors (Lipinski definition) is 5. The standard InChI is InChI=1S/C11H20O5P2/c1-2-8-5-13-17-15-10-4-9(12-6-10)7-14-18-16-11(8)3-1/h8-11,17-18H,1-7H2. The van der Waals surface area contributed by atoms with E-state index in [1.54, 1.807) is 0 Å². The third-order valence-electron chi connectivity index (χ3n) is 3.73. The first-order valence-electron chi connectivity index (χ1n) is 6.58. The zero-order valence-corrected chi connectivity index (χ0v) is 12.3. The van der Waals surface area contributed by atoms with E-state index in [1.807, 2.05) is 0 Å². The molecule has 1 aliphatic carbocycles. The molecule has 0 radical (unpaired) electrons. The topological polar surface area (TPSA) is 46.2 Å². The molecule has 0 aromatic rings. The second-order valence-electron chi connectivity index (χ2n) is 5.07. The lowest BCUT2D eigenvalue weighted by molar-refractivity contribution is 0.0522. The van der Waals surface area contributed by atoms with Crippen molar-refractivity contribution in [2.45, 2.75) is 44.0 Å². The van der Waals surface area contributed by atoms with Gasteiger partial charge in [0.2, 0.25) is 0 Å². The Labute approximate surface area is 111 Å². The van der Waals surface area contributed by atoms with Gasteiger partial charge in [-0.3, -0.25) is 0 Å². The van der Waals surface area contributed by atoms with E-state index >= 15 is 0 Å². The molecule has 0 aromatic carbocycles. The van der Waals surface area contributed by atoms with Crippen LogP contribution in [-0.2, 0) is 22.8 Å². The Balaban J connectivity index is 1.53. The third kappa shape index (κ3) is 3.61. The highest BCUT2D eigenvalue weighted by atomic mass is 31.1. The van der Waals surface area contributed by atoms with Gasteiger partial charge in [-0.15, -0.1) is 0 Å². The van der Waals surface area contributed by atoms with Crippen molar-refractivity contribution in [3.63, 3.8) is 0 Å². The van der Waals surface area contributed by atoms with Gasteiger partial charge >= 0.3 is 0 Å². The summed E-state index contributed by atoms with van der Waals surface area (Å²) in [5.41, 5.74) is 0. The summed E-state index contributed by atoms with van der Waals surface area (Å²) in [6.07, 6.45) is 5.05. The average Bonchev–Trinajstić information content (AvgIpc) is 3.00. The molecule has 2 bridgehead atoms. The summed E-state index contributed by atoms with van der Waals surface area (Å²) in [4.78, 5) is 0. The summed E-state index contributed by atoms with van der Waals surface area (Å²) in [7, 11) is 0.243. The molecule has 2 heterocycles. The molecule has 2 aliphatic heterocycles. The SMILES string of the molecule is C1CC2COPOC3COC(COPOC2C1)C3. The molecule has 1 saturated carbocycles. The molecule has 3 aliphatic rings. The monoisotopic (exact) mass is 294 g/mol. The maximum Gasteiger partial charge on any atom is 0.155 e. The summed E-state index contributed by atoms with van der Waals surface area (Å²) in [6, 6.07) is 0. The normalized spacial score (nSPS) is 45.3. The predicted octanol–water partition coefficient (Wildman–Crippen LogP) is 2.41. The van der Waals surface area contributed by atoms with Crippen LogP contribution in [0.3, 0.4) is 0 Å². The highest BCUT2D eigenvalue weighted by Crippen LogP contribution is 2.36. The molecule has 6 atom stereocenters. The van der Waals surface area contributed by atoms with E-state index in [2.05, 4.69) is 0 Å². The van der Waals surface area contributed by atoms with Crippen molar-refractivity contribution in [3.05, 3.63) is 0 Å². The van der Waals surface area contributed by atoms with Crippen molar-refractivity contribution in [2.24, 2.45) is 5.92 Å². The molecule has 6 unspecified atom stereocenters. The molecule has 0 aromatic heterocycles. The maximum atomic E-state index is 5.82. The van der Waals surface area contributed by atoms with Gasteiger partial charge in [-0.25, -0.2) is 0 Å². The number of rotatable bonds is 0. The molecule has 7 heteroatoms. The van der Waals surface area contributed by atoms with E-state index in [-0.39, 0.29) is 30.3 Å². The Hall–Kier alpha value is 0.660. The van der Waals surface area contributed by atoms with Crippen molar-refractivity contribution < 1.29 is 22.8 Å². The molecule has 0 amide bonds. The maximum absolute atomic E-state index is 5.82. The molecular weight excluding hydrogens is 274 g/mol. The van der Waals surface area contributed by atoms with Crippen molar-refractivity contribution in [1.82, 2.24) is 0 Å². The fourth-order valence-corrected chi connectivity index (χ4v) is 4.09. The lowest BCUT2D eigenvalue weighted by atomic mass is 10.1. The molecule has 3 rings (SSSR count). The molecule has 2 saturated heterocycles. The summed E-state index contributed by atoms with van der Waals surface area (Å²) >= 11 is 0. The minimum absolute atomic E-state index is 0.121. The molecule has 104 valence electrons. The fourth-order valence-electron chi connectivity index (χ4n) is 2.69. The van der Waals surface area contributed by atoms with Crippen molar-refractivity contribution in [2.75, 3.05) is 19.8 Å². The Kier molecular flexibility index (Phi) is 5.22. The molecule has 0 spiro atoms. The van der Waals surface area contributed by atoms with Gasteiger partial charge in [0.05, 0.1) is 38.1 Å². The van der Waals surface area contributed by atoms with Crippen LogP contribution >= 0.6 is 18.1 Å². The Morgan fingerprint density at radius 1 is 0.833 bits per heavy atom. The summed E-state index contributed by atoms with van der Waals surface area (Å²) in [5.74, 6) is 0.506. The van der Waals surface area contributed by atoms with Gasteiger partial charge < -0.3 is 22.8 Å². The summed E-state index contributed by atoms with van der Waals surface area (Å²) in [6.45, 7) is 2.00. The Bertz CT molecular complexity index is 244. The van der Waals surface area contributed by atoms with Crippen molar-refractivity contribution >= 4 is 18.1 Å². The van der Waals surface area contributed by atoms with Crippen LogP contribution in [0.5, 0.6) is 0 Å². The van der Waals surface area contributed by atoms with Crippen LogP contribution in [0.15, 0.2) is 0 Å². The molecule has 3 fully saturated rings. The first-order valence-corrected chi connectivity index (χ1v) is 8.21. The van der Waals surface area contributed by atoms with Crippen molar-refractivity contribution in [3.8, 4) is 0 Å². The van der Waals surface area contributed by atoms with Gasteiger partial charge in [-0.1, -0.05) is 6.42 Å². The van der Waals surface area contributed by atoms with E-state index in [1.165, 1.54) is 12.8 Å². The minimum Gasteiger partial charge on any atom is -0.373 e. The second-order valence-corrected chi connectivity index (χ2v) is 6.45. The highest BCUT2D eigenvalue weighted by Gasteiger charge is 2.30. The number of hydrogen-bond donors (Lipinski definition) is 0. The quantitative estimate of drug-likeness (QED) is 0.642. The van der Waals surface area contributed by atoms with Gasteiger partial charge in [0, 0.05) is 12.3 Å². The molecule has 5 nitrogen and oxygen atoms in total. The zero-order valence-electron chi connectivity index (χ0n) is 10.3. The molecule has 18 heavy (non-hydrogen) atoms. The lowest BCUT2D eigenvalue weighted by Gasteiger charge is -2.19. The second kappa shape index (κ2) is 6.90. The van der Waals surface area contributed by atoms with Crippen LogP contribution in [0.1, 0.15) is 25.7 Å². The van der Waals surface area contributed by atoms with E-state index in [0.717, 1.165) is 19.4 Å². The van der Waals surface area contributed by atoms with Crippen LogP contribution in [0.25, 0.3) is 0 Å². The Morgan fingerprint density at radius 3 is 2.72 bits per heavy atom. The van der Waals surface area contributed by atoms with Crippen LogP contribution in [-0.4, -0.2) is 38.1 Å². The van der Waals surface area contributed by atoms with E-state index in [9.17, 15) is 0 Å². The van der Waals surface area contributed by atoms with Gasteiger partial charge in [-0.2, -0.15) is 0 Å². The fraction of sp³-hybridized carbons (Fsp3) is 1.00. The number of ether oxygens (including phenoxy) is 1. The van der Waals surface area contributed by atoms with Crippen molar-refractivity contribution in [1.29, 1.82) is 0 Å². The molecular formula is C11H20O5P2. The minimum atomic E-state index is 0.121. The first-order chi connectivity index (χ1) is 8.92. The largest absolute Gasteiger partial charge is 0.373 e. The summed E-state index contributed by atoms with van der Waals surface area (Å²) < 4.78 is 28.3. The lowest BCUT2D eigenvalue weighted by Crippen LogP contribution is -2.19. The van der Waals surface area contributed by atoms with Gasteiger partial charge in [0.15, 0.2) is 18.1 Å². The average molecular weight is 294 g/mol. The smallest absolute Gasteiger partial charge is 0.155 e. The van der Waals surface area contributed by atoms with Gasteiger partial charge in [0.1, 0.15) is 0 Å². The van der Waals surface area contributed by atoms with Crippen LogP contribution in [0.4, 0.5) is 0 Å².